The van der Waals surface area contributed by atoms with Crippen LogP contribution in [0.2, 0.25) is 0 Å². The smallest absolute Gasteiger partial charge is 0.0165 e. The Morgan fingerprint density at radius 2 is 2.06 bits per heavy atom. The maximum Gasteiger partial charge on any atom is 0.0165 e. The Hall–Kier alpha value is -1.38. The molecule has 1 N–H and O–H groups in total. The highest BCUT2D eigenvalue weighted by molar-refractivity contribution is 7.07. The summed E-state index contributed by atoms with van der Waals surface area (Å²) in [6.45, 7) is 4.17. The maximum atomic E-state index is 3.48. The van der Waals surface area contributed by atoms with Crippen molar-refractivity contribution >= 4 is 17.4 Å². The van der Waals surface area contributed by atoms with Gasteiger partial charge in [-0.25, -0.2) is 0 Å². The van der Waals surface area contributed by atoms with E-state index in [1.807, 2.05) is 6.07 Å². The average Bonchev–Trinajstić information content (AvgIpc) is 2.89. The normalized spacial score (nSPS) is 11.7. The molecule has 0 fully saturated rings. The molecule has 1 heterocycles. The van der Waals surface area contributed by atoms with Gasteiger partial charge in [-0.1, -0.05) is 42.0 Å². The molecule has 0 atom stereocenters. The first-order chi connectivity index (χ1) is 8.84. The molecule has 0 unspecified atom stereocenters. The second-order valence-corrected chi connectivity index (χ2v) is 5.24. The van der Waals surface area contributed by atoms with Gasteiger partial charge in [0.2, 0.25) is 0 Å². The molecule has 0 aliphatic heterocycles. The summed E-state index contributed by atoms with van der Waals surface area (Å²) in [5.74, 6) is 0. The van der Waals surface area contributed by atoms with Crippen LogP contribution in [0.5, 0.6) is 0 Å². The molecule has 0 bridgehead atoms. The van der Waals surface area contributed by atoms with Crippen LogP contribution in [0.3, 0.4) is 0 Å². The van der Waals surface area contributed by atoms with E-state index in [2.05, 4.69) is 59.4 Å². The van der Waals surface area contributed by atoms with E-state index in [1.54, 1.807) is 11.3 Å². The molecule has 2 heteroatoms. The van der Waals surface area contributed by atoms with E-state index in [9.17, 15) is 0 Å². The number of nitrogens with one attached hydrogen (secondary N) is 1. The van der Waals surface area contributed by atoms with Crippen molar-refractivity contribution in [3.05, 3.63) is 63.9 Å². The van der Waals surface area contributed by atoms with Crippen LogP contribution in [-0.2, 0) is 6.42 Å². The van der Waals surface area contributed by atoms with Gasteiger partial charge >= 0.3 is 0 Å². The molecule has 18 heavy (non-hydrogen) atoms. The summed E-state index contributed by atoms with van der Waals surface area (Å²) in [5.41, 5.74) is 4.07. The molecule has 0 aliphatic carbocycles. The third-order valence-corrected chi connectivity index (χ3v) is 3.52. The van der Waals surface area contributed by atoms with Gasteiger partial charge < -0.3 is 5.32 Å². The fourth-order valence-corrected chi connectivity index (χ4v) is 2.54. The van der Waals surface area contributed by atoms with Crippen molar-refractivity contribution in [1.82, 2.24) is 5.32 Å². The van der Waals surface area contributed by atoms with Gasteiger partial charge in [0, 0.05) is 6.54 Å². The predicted molar refractivity (Wildman–Crippen MR) is 81.0 cm³/mol. The minimum absolute atomic E-state index is 0.957. The zero-order chi connectivity index (χ0) is 12.6. The standard InChI is InChI=1S/C16H19NS/c1-14(11-15-5-3-2-4-6-15)12-17-9-7-16-8-10-18-13-16/h2-6,8,10-11,13,17H,7,9,12H2,1H3/b14-11-. The van der Waals surface area contributed by atoms with Crippen molar-refractivity contribution in [2.45, 2.75) is 13.3 Å². The van der Waals surface area contributed by atoms with Crippen LogP contribution in [0, 0.1) is 0 Å². The summed E-state index contributed by atoms with van der Waals surface area (Å²) in [6, 6.07) is 12.7. The monoisotopic (exact) mass is 257 g/mol. The molecule has 2 aromatic rings. The molecule has 0 spiro atoms. The SMILES string of the molecule is C/C(=C/c1ccccc1)CNCCc1ccsc1. The molecule has 2 rings (SSSR count). The summed E-state index contributed by atoms with van der Waals surface area (Å²) in [5, 5.41) is 7.83. The highest BCUT2D eigenvalue weighted by Gasteiger charge is 1.94. The largest absolute Gasteiger partial charge is 0.313 e. The summed E-state index contributed by atoms with van der Waals surface area (Å²) in [6.07, 6.45) is 3.35. The molecular formula is C16H19NS. The highest BCUT2D eigenvalue weighted by Crippen LogP contribution is 2.07. The van der Waals surface area contributed by atoms with E-state index in [4.69, 9.17) is 0 Å². The molecular weight excluding hydrogens is 238 g/mol. The quantitative estimate of drug-likeness (QED) is 0.772. The maximum absolute atomic E-state index is 3.48. The van der Waals surface area contributed by atoms with Crippen molar-refractivity contribution in [1.29, 1.82) is 0 Å². The van der Waals surface area contributed by atoms with Crippen LogP contribution < -0.4 is 5.32 Å². The lowest BCUT2D eigenvalue weighted by molar-refractivity contribution is 0.730. The molecule has 1 nitrogen and oxygen atoms in total. The van der Waals surface area contributed by atoms with Gasteiger partial charge in [0.15, 0.2) is 0 Å². The van der Waals surface area contributed by atoms with E-state index in [1.165, 1.54) is 16.7 Å². The number of hydrogen-bond acceptors (Lipinski definition) is 2. The second kappa shape index (κ2) is 7.14. The third-order valence-electron chi connectivity index (χ3n) is 2.79. The van der Waals surface area contributed by atoms with Crippen LogP contribution in [0.4, 0.5) is 0 Å². The lowest BCUT2D eigenvalue weighted by Crippen LogP contribution is -2.19. The Balaban J connectivity index is 1.72. The Morgan fingerprint density at radius 1 is 1.22 bits per heavy atom. The fraction of sp³-hybridized carbons (Fsp3) is 0.250. The van der Waals surface area contributed by atoms with E-state index in [0.29, 0.717) is 0 Å². The Labute approximate surface area is 113 Å². The van der Waals surface area contributed by atoms with Gasteiger partial charge in [-0.3, -0.25) is 0 Å². The lowest BCUT2D eigenvalue weighted by Gasteiger charge is -2.04. The molecule has 1 aromatic carbocycles. The third kappa shape index (κ3) is 4.47. The van der Waals surface area contributed by atoms with Crippen LogP contribution >= 0.6 is 11.3 Å². The van der Waals surface area contributed by atoms with Gasteiger partial charge in [0.05, 0.1) is 0 Å². The number of benzene rings is 1. The average molecular weight is 257 g/mol. The van der Waals surface area contributed by atoms with E-state index < -0.39 is 0 Å². The highest BCUT2D eigenvalue weighted by atomic mass is 32.1. The zero-order valence-electron chi connectivity index (χ0n) is 10.7. The Bertz CT molecular complexity index is 471. The van der Waals surface area contributed by atoms with E-state index in [-0.39, 0.29) is 0 Å². The first-order valence-electron chi connectivity index (χ1n) is 6.28. The summed E-state index contributed by atoms with van der Waals surface area (Å²) in [7, 11) is 0. The molecule has 0 amide bonds. The predicted octanol–water partition coefficient (Wildman–Crippen LogP) is 3.98. The van der Waals surface area contributed by atoms with Gasteiger partial charge in [-0.05, 0) is 47.8 Å². The van der Waals surface area contributed by atoms with E-state index >= 15 is 0 Å². The second-order valence-electron chi connectivity index (χ2n) is 4.46. The van der Waals surface area contributed by atoms with Crippen LogP contribution in [-0.4, -0.2) is 13.1 Å². The van der Waals surface area contributed by atoms with Gasteiger partial charge in [0.25, 0.3) is 0 Å². The van der Waals surface area contributed by atoms with Gasteiger partial charge in [0.1, 0.15) is 0 Å². The first kappa shape index (κ1) is 13.1. The van der Waals surface area contributed by atoms with Crippen LogP contribution in [0.25, 0.3) is 6.08 Å². The molecule has 0 saturated carbocycles. The first-order valence-corrected chi connectivity index (χ1v) is 7.23. The van der Waals surface area contributed by atoms with Crippen LogP contribution in [0.1, 0.15) is 18.1 Å². The zero-order valence-corrected chi connectivity index (χ0v) is 11.5. The fourth-order valence-electron chi connectivity index (χ4n) is 1.84. The molecule has 94 valence electrons. The summed E-state index contributed by atoms with van der Waals surface area (Å²) < 4.78 is 0. The van der Waals surface area contributed by atoms with Crippen molar-refractivity contribution in [2.24, 2.45) is 0 Å². The molecule has 0 aliphatic rings. The van der Waals surface area contributed by atoms with Crippen molar-refractivity contribution in [3.8, 4) is 0 Å². The van der Waals surface area contributed by atoms with E-state index in [0.717, 1.165) is 19.5 Å². The summed E-state index contributed by atoms with van der Waals surface area (Å²) >= 11 is 1.77. The molecule has 0 saturated heterocycles. The van der Waals surface area contributed by atoms with Crippen molar-refractivity contribution in [3.63, 3.8) is 0 Å². The number of rotatable bonds is 6. The van der Waals surface area contributed by atoms with Crippen molar-refractivity contribution in [2.75, 3.05) is 13.1 Å². The lowest BCUT2D eigenvalue weighted by atomic mass is 10.1. The molecule has 0 radical (unpaired) electrons. The summed E-state index contributed by atoms with van der Waals surface area (Å²) in [4.78, 5) is 0. The number of thiophene rings is 1. The minimum Gasteiger partial charge on any atom is -0.313 e. The molecule has 1 aromatic heterocycles. The van der Waals surface area contributed by atoms with Gasteiger partial charge in [-0.2, -0.15) is 11.3 Å². The topological polar surface area (TPSA) is 12.0 Å². The Kier molecular flexibility index (Phi) is 5.18. The van der Waals surface area contributed by atoms with Crippen LogP contribution in [0.15, 0.2) is 52.7 Å². The Morgan fingerprint density at radius 3 is 2.78 bits per heavy atom. The minimum atomic E-state index is 0.957. The van der Waals surface area contributed by atoms with Crippen molar-refractivity contribution < 1.29 is 0 Å². The van der Waals surface area contributed by atoms with Gasteiger partial charge in [-0.15, -0.1) is 0 Å². The number of hydrogen-bond donors (Lipinski definition) is 1.